The van der Waals surface area contributed by atoms with E-state index in [1.807, 2.05) is 0 Å². The molecular weight excluding hydrogens is 833 g/mol. The average molecular weight is 867 g/mol. The van der Waals surface area contributed by atoms with Crippen LogP contribution in [-0.2, 0) is 5.92 Å². The molecule has 2 fully saturated rings. The van der Waals surface area contributed by atoms with Gasteiger partial charge in [0.05, 0.1) is 0 Å². The third-order valence-electron chi connectivity index (χ3n) is 10.9. The van der Waals surface area contributed by atoms with E-state index in [-0.39, 0.29) is 37.5 Å². The molecule has 0 aromatic heterocycles. The summed E-state index contributed by atoms with van der Waals surface area (Å²) in [4.78, 5) is 0. The maximum atomic E-state index is 15.1. The molecular formula is C33H33F23. The maximum Gasteiger partial charge on any atom is 0.460 e. The van der Waals surface area contributed by atoms with Crippen molar-refractivity contribution in [2.75, 3.05) is 0 Å². The molecule has 2 aliphatic carbocycles. The summed E-state index contributed by atoms with van der Waals surface area (Å²) in [6.07, 6.45) is 0.138. The van der Waals surface area contributed by atoms with E-state index in [9.17, 15) is 92.2 Å². The van der Waals surface area contributed by atoms with E-state index < -0.39 is 93.9 Å². The van der Waals surface area contributed by atoms with Gasteiger partial charge in [-0.15, -0.1) is 0 Å². The van der Waals surface area contributed by atoms with Crippen molar-refractivity contribution in [3.8, 4) is 0 Å². The van der Waals surface area contributed by atoms with Gasteiger partial charge in [-0.3, -0.25) is 0 Å². The van der Waals surface area contributed by atoms with Crippen LogP contribution in [0, 0.1) is 41.0 Å². The zero-order valence-corrected chi connectivity index (χ0v) is 28.7. The van der Waals surface area contributed by atoms with Gasteiger partial charge in [-0.25, -0.2) is 17.6 Å². The predicted octanol–water partition coefficient (Wildman–Crippen LogP) is 14.4. The minimum atomic E-state index is -9.27. The second-order valence-electron chi connectivity index (χ2n) is 14.4. The van der Waals surface area contributed by atoms with Crippen LogP contribution < -0.4 is 0 Å². The summed E-state index contributed by atoms with van der Waals surface area (Å²) in [6.45, 7) is 2.06. The van der Waals surface area contributed by atoms with Crippen LogP contribution >= 0.6 is 0 Å². The molecule has 0 spiro atoms. The molecule has 326 valence electrons. The molecule has 1 aromatic rings. The van der Waals surface area contributed by atoms with Gasteiger partial charge in [-0.1, -0.05) is 51.9 Å². The van der Waals surface area contributed by atoms with E-state index in [2.05, 4.69) is 6.92 Å². The highest BCUT2D eigenvalue weighted by atomic mass is 19.4. The van der Waals surface area contributed by atoms with Gasteiger partial charge in [-0.2, -0.15) is 83.4 Å². The lowest BCUT2D eigenvalue weighted by Gasteiger charge is -2.43. The quantitative estimate of drug-likeness (QED) is 0.0936. The van der Waals surface area contributed by atoms with E-state index in [1.54, 1.807) is 0 Å². The van der Waals surface area contributed by atoms with Crippen LogP contribution in [-0.4, -0.2) is 47.6 Å². The Bertz CT molecular complexity index is 1480. The molecule has 23 heteroatoms. The molecule has 3 rings (SSSR count). The van der Waals surface area contributed by atoms with Crippen molar-refractivity contribution < 1.29 is 101 Å². The third kappa shape index (κ3) is 7.41. The first-order valence-electron chi connectivity index (χ1n) is 17.1. The molecule has 0 bridgehead atoms. The number of unbranched alkanes of at least 4 members (excludes halogenated alkanes) is 3. The number of hydrogen-bond acceptors (Lipinski definition) is 0. The zero-order chi connectivity index (χ0) is 43.5. The molecule has 0 heterocycles. The van der Waals surface area contributed by atoms with Gasteiger partial charge in [0.2, 0.25) is 0 Å². The van der Waals surface area contributed by atoms with E-state index in [4.69, 9.17) is 0 Å². The Labute approximate surface area is 303 Å². The molecule has 0 radical (unpaired) electrons. The Kier molecular flexibility index (Phi) is 13.4. The summed E-state index contributed by atoms with van der Waals surface area (Å²) in [6, 6.07) is 0. The van der Waals surface area contributed by atoms with Crippen LogP contribution in [0.4, 0.5) is 101 Å². The highest BCUT2D eigenvalue weighted by molar-refractivity contribution is 5.37. The summed E-state index contributed by atoms with van der Waals surface area (Å²) >= 11 is 0. The number of benzene rings is 1. The van der Waals surface area contributed by atoms with Gasteiger partial charge < -0.3 is 0 Å². The fourth-order valence-electron chi connectivity index (χ4n) is 7.49. The third-order valence-corrected chi connectivity index (χ3v) is 10.9. The van der Waals surface area contributed by atoms with Crippen molar-refractivity contribution in [1.29, 1.82) is 0 Å². The Balaban J connectivity index is 1.93. The van der Waals surface area contributed by atoms with Crippen molar-refractivity contribution in [2.45, 2.75) is 150 Å². The number of rotatable bonds is 15. The molecule has 1 aromatic carbocycles. The molecule has 0 unspecified atom stereocenters. The van der Waals surface area contributed by atoms with Crippen LogP contribution in [0.15, 0.2) is 0 Å². The lowest BCUT2D eigenvalue weighted by Crippen LogP contribution is -2.75. The highest BCUT2D eigenvalue weighted by Gasteiger charge is 2.97. The average Bonchev–Trinajstić information content (AvgIpc) is 3.09. The Hall–Kier alpha value is -2.39. The van der Waals surface area contributed by atoms with Crippen molar-refractivity contribution in [3.05, 3.63) is 34.4 Å². The molecule has 0 aliphatic heterocycles. The molecule has 0 atom stereocenters. The van der Waals surface area contributed by atoms with Crippen LogP contribution in [0.5, 0.6) is 0 Å². The molecule has 0 nitrogen and oxygen atoms in total. The molecule has 56 heavy (non-hydrogen) atoms. The minimum Gasteiger partial charge on any atom is -0.203 e. The fraction of sp³-hybridized carbons (Fsp3) is 0.818. The van der Waals surface area contributed by atoms with Crippen molar-refractivity contribution in [2.24, 2.45) is 17.8 Å². The van der Waals surface area contributed by atoms with Gasteiger partial charge in [-0.05, 0) is 62.2 Å². The van der Waals surface area contributed by atoms with Gasteiger partial charge in [0.1, 0.15) is 5.56 Å². The van der Waals surface area contributed by atoms with E-state index in [0.717, 1.165) is 57.8 Å². The van der Waals surface area contributed by atoms with Gasteiger partial charge >= 0.3 is 53.6 Å². The Morgan fingerprint density at radius 3 is 1.14 bits per heavy atom. The lowest BCUT2D eigenvalue weighted by molar-refractivity contribution is -0.469. The van der Waals surface area contributed by atoms with Crippen molar-refractivity contribution in [3.63, 3.8) is 0 Å². The first-order chi connectivity index (χ1) is 25.1. The largest absolute Gasteiger partial charge is 0.460 e. The van der Waals surface area contributed by atoms with E-state index in [1.165, 1.54) is 0 Å². The van der Waals surface area contributed by atoms with Crippen LogP contribution in [0.2, 0.25) is 0 Å². The van der Waals surface area contributed by atoms with Crippen LogP contribution in [0.1, 0.15) is 107 Å². The van der Waals surface area contributed by atoms with Gasteiger partial charge in [0.25, 0.3) is 0 Å². The van der Waals surface area contributed by atoms with Crippen LogP contribution in [0.3, 0.4) is 0 Å². The summed E-state index contributed by atoms with van der Waals surface area (Å²) in [5.41, 5.74) is -5.95. The lowest BCUT2D eigenvalue weighted by atomic mass is 9.67. The number of halogens is 23. The summed E-state index contributed by atoms with van der Waals surface area (Å²) in [5, 5.41) is 0. The monoisotopic (exact) mass is 866 g/mol. The smallest absolute Gasteiger partial charge is 0.203 e. The minimum absolute atomic E-state index is 0.0931. The topological polar surface area (TPSA) is 0 Å². The standard InChI is InChI=1S/C33H33F23/c1-2-3-4-5-6-15-7-9-16(10-8-15)17-11-13-18(14-12-17)19-21(34)23(36)20(24(37)22(19)35)25(38,39)26(40,41)27(42,43)28(44,45)29(46,47)30(48,49)31(50,51)32(52,53)33(54,55)56/h15-18H,2-14H2,1H3. The number of alkyl halides is 19. The normalized spacial score (nSPS) is 23.1. The molecule has 2 saturated carbocycles. The Morgan fingerprint density at radius 1 is 0.411 bits per heavy atom. The second kappa shape index (κ2) is 15.7. The predicted molar refractivity (Wildman–Crippen MR) is 150 cm³/mol. The van der Waals surface area contributed by atoms with Crippen molar-refractivity contribution in [1.82, 2.24) is 0 Å². The van der Waals surface area contributed by atoms with Gasteiger partial charge in [0.15, 0.2) is 23.3 Å². The zero-order valence-electron chi connectivity index (χ0n) is 28.7. The van der Waals surface area contributed by atoms with E-state index in [0.29, 0.717) is 5.92 Å². The number of hydrogen-bond donors (Lipinski definition) is 0. The SMILES string of the molecule is CCCCCCC1CCC(C2CCC(c3c(F)c(F)c(C(F)(F)C(F)(F)C(F)(F)C(F)(F)C(F)(F)C(F)(F)C(F)(F)C(F)(F)C(F)(F)F)c(F)c3F)CC2)CC1. The summed E-state index contributed by atoms with van der Waals surface area (Å²) in [7, 11) is 0. The van der Waals surface area contributed by atoms with E-state index >= 15 is 8.78 Å². The maximum absolute atomic E-state index is 15.1. The first-order valence-corrected chi connectivity index (χ1v) is 17.1. The fourth-order valence-corrected chi connectivity index (χ4v) is 7.49. The first kappa shape index (κ1) is 48.0. The molecule has 0 N–H and O–H groups in total. The van der Waals surface area contributed by atoms with Crippen LogP contribution in [0.25, 0.3) is 0 Å². The molecule has 0 amide bonds. The van der Waals surface area contributed by atoms with Gasteiger partial charge in [0, 0.05) is 5.56 Å². The molecule has 0 saturated heterocycles. The van der Waals surface area contributed by atoms with Crippen molar-refractivity contribution >= 4 is 0 Å². The highest BCUT2D eigenvalue weighted by Crippen LogP contribution is 2.66. The summed E-state index contributed by atoms with van der Waals surface area (Å²) in [5.74, 6) is -85.3. The second-order valence-corrected chi connectivity index (χ2v) is 14.4. The Morgan fingerprint density at radius 2 is 0.768 bits per heavy atom. The summed E-state index contributed by atoms with van der Waals surface area (Å²) < 4.78 is 321. The molecule has 2 aliphatic rings.